The quantitative estimate of drug-likeness (QED) is 0.139. The number of hydrogen-bond acceptors (Lipinski definition) is 2. The minimum Gasteiger partial charge on any atom is -0.330 e. The van der Waals surface area contributed by atoms with E-state index in [9.17, 15) is 0 Å². The maximum absolute atomic E-state index is 5.46. The van der Waals surface area contributed by atoms with Crippen molar-refractivity contribution in [2.75, 3.05) is 13.1 Å². The minimum absolute atomic E-state index is 0.872. The molecule has 0 spiro atoms. The highest BCUT2D eigenvalue weighted by atomic mass is 14.5. The van der Waals surface area contributed by atoms with Crippen molar-refractivity contribution in [2.24, 2.45) is 11.5 Å². The van der Waals surface area contributed by atoms with E-state index in [1.165, 1.54) is 161 Å². The SMILES string of the molecule is CCCCCCCCCCCCCCCN.CCCCCCCCCCCCCCN. The molecular formula is C29H64N2. The molecule has 0 unspecified atom stereocenters. The van der Waals surface area contributed by atoms with Crippen LogP contribution < -0.4 is 11.5 Å². The highest BCUT2D eigenvalue weighted by molar-refractivity contribution is 4.50. The fourth-order valence-corrected chi connectivity index (χ4v) is 4.15. The maximum Gasteiger partial charge on any atom is -0.00773 e. The number of nitrogens with two attached hydrogens (primary N) is 2. The van der Waals surface area contributed by atoms with Gasteiger partial charge in [-0.05, 0) is 25.9 Å². The van der Waals surface area contributed by atoms with Crippen molar-refractivity contribution in [3.8, 4) is 0 Å². The summed E-state index contributed by atoms with van der Waals surface area (Å²) < 4.78 is 0. The Morgan fingerprint density at radius 1 is 0.258 bits per heavy atom. The van der Waals surface area contributed by atoms with Gasteiger partial charge in [-0.3, -0.25) is 0 Å². The Balaban J connectivity index is 0. The van der Waals surface area contributed by atoms with Crippen molar-refractivity contribution in [2.45, 2.75) is 174 Å². The largest absolute Gasteiger partial charge is 0.330 e. The lowest BCUT2D eigenvalue weighted by Crippen LogP contribution is -1.97. The van der Waals surface area contributed by atoms with E-state index < -0.39 is 0 Å². The third kappa shape index (κ3) is 37.6. The number of hydrogen-bond donors (Lipinski definition) is 2. The Labute approximate surface area is 199 Å². The van der Waals surface area contributed by atoms with Crippen LogP contribution in [0, 0.1) is 0 Å². The fourth-order valence-electron chi connectivity index (χ4n) is 4.15. The van der Waals surface area contributed by atoms with Crippen LogP contribution in [0.15, 0.2) is 0 Å². The average Bonchev–Trinajstić information content (AvgIpc) is 2.79. The van der Waals surface area contributed by atoms with E-state index >= 15 is 0 Å². The first kappa shape index (κ1) is 33.1. The predicted octanol–water partition coefficient (Wildman–Crippen LogP) is 9.68. The average molecular weight is 441 g/mol. The molecule has 0 rings (SSSR count). The molecule has 0 amide bonds. The number of rotatable bonds is 25. The molecular weight excluding hydrogens is 376 g/mol. The lowest BCUT2D eigenvalue weighted by atomic mass is 10.0. The zero-order valence-corrected chi connectivity index (χ0v) is 22.2. The fraction of sp³-hybridized carbons (Fsp3) is 1.00. The van der Waals surface area contributed by atoms with Gasteiger partial charge in [0.15, 0.2) is 0 Å². The molecule has 2 nitrogen and oxygen atoms in total. The molecule has 0 heterocycles. The van der Waals surface area contributed by atoms with Gasteiger partial charge < -0.3 is 11.5 Å². The molecule has 0 aliphatic carbocycles. The van der Waals surface area contributed by atoms with Crippen molar-refractivity contribution in [3.63, 3.8) is 0 Å². The third-order valence-electron chi connectivity index (χ3n) is 6.37. The zero-order valence-electron chi connectivity index (χ0n) is 22.2. The van der Waals surface area contributed by atoms with Crippen LogP contribution in [0.4, 0.5) is 0 Å². The van der Waals surface area contributed by atoms with Crippen molar-refractivity contribution < 1.29 is 0 Å². The normalized spacial score (nSPS) is 10.8. The second kappa shape index (κ2) is 34.5. The molecule has 31 heavy (non-hydrogen) atoms. The summed E-state index contributed by atoms with van der Waals surface area (Å²) in [5.74, 6) is 0. The summed E-state index contributed by atoms with van der Waals surface area (Å²) in [7, 11) is 0. The van der Waals surface area contributed by atoms with Gasteiger partial charge in [0.1, 0.15) is 0 Å². The van der Waals surface area contributed by atoms with Crippen LogP contribution in [0.1, 0.15) is 174 Å². The van der Waals surface area contributed by atoms with Crippen LogP contribution in [-0.4, -0.2) is 13.1 Å². The third-order valence-corrected chi connectivity index (χ3v) is 6.37. The summed E-state index contributed by atoms with van der Waals surface area (Å²) in [4.78, 5) is 0. The molecule has 0 saturated heterocycles. The van der Waals surface area contributed by atoms with Crippen molar-refractivity contribution in [1.82, 2.24) is 0 Å². The Bertz CT molecular complexity index is 241. The van der Waals surface area contributed by atoms with E-state index in [0.29, 0.717) is 0 Å². The summed E-state index contributed by atoms with van der Waals surface area (Å²) >= 11 is 0. The second-order valence-electron chi connectivity index (χ2n) is 9.71. The first-order valence-corrected chi connectivity index (χ1v) is 14.7. The molecule has 4 N–H and O–H groups in total. The standard InChI is InChI=1S/C15H33N.C14H31N/c1-2-3-4-5-6-7-8-9-10-11-12-13-14-15-16;1-2-3-4-5-6-7-8-9-10-11-12-13-14-15/h2-16H2,1H3;2-15H2,1H3. The smallest absolute Gasteiger partial charge is 0.00773 e. The lowest BCUT2D eigenvalue weighted by Gasteiger charge is -2.02. The molecule has 0 bridgehead atoms. The van der Waals surface area contributed by atoms with Crippen LogP contribution in [0.5, 0.6) is 0 Å². The lowest BCUT2D eigenvalue weighted by molar-refractivity contribution is 0.540. The summed E-state index contributed by atoms with van der Waals surface area (Å²) in [6.07, 6.45) is 35.3. The van der Waals surface area contributed by atoms with Crippen molar-refractivity contribution in [3.05, 3.63) is 0 Å². The van der Waals surface area contributed by atoms with E-state index in [-0.39, 0.29) is 0 Å². The van der Waals surface area contributed by atoms with Crippen molar-refractivity contribution >= 4 is 0 Å². The van der Waals surface area contributed by atoms with E-state index in [2.05, 4.69) is 13.8 Å². The van der Waals surface area contributed by atoms with Gasteiger partial charge in [-0.15, -0.1) is 0 Å². The first-order valence-electron chi connectivity index (χ1n) is 14.7. The molecule has 0 radical (unpaired) electrons. The van der Waals surface area contributed by atoms with Crippen LogP contribution in [0.25, 0.3) is 0 Å². The van der Waals surface area contributed by atoms with Crippen LogP contribution in [0.2, 0.25) is 0 Å². The topological polar surface area (TPSA) is 52.0 Å². The van der Waals surface area contributed by atoms with Crippen LogP contribution in [-0.2, 0) is 0 Å². The minimum atomic E-state index is 0.872. The van der Waals surface area contributed by atoms with Gasteiger partial charge in [0.05, 0.1) is 0 Å². The highest BCUT2D eigenvalue weighted by Gasteiger charge is 1.93. The van der Waals surface area contributed by atoms with Crippen molar-refractivity contribution in [1.29, 1.82) is 0 Å². The van der Waals surface area contributed by atoms with E-state index in [4.69, 9.17) is 11.5 Å². The van der Waals surface area contributed by atoms with Gasteiger partial charge in [-0.1, -0.05) is 162 Å². The molecule has 0 atom stereocenters. The van der Waals surface area contributed by atoms with Gasteiger partial charge in [-0.25, -0.2) is 0 Å². The van der Waals surface area contributed by atoms with Gasteiger partial charge in [0, 0.05) is 0 Å². The molecule has 0 fully saturated rings. The molecule has 0 aliphatic heterocycles. The summed E-state index contributed by atoms with van der Waals surface area (Å²) in [6.45, 7) is 6.31. The van der Waals surface area contributed by atoms with E-state index in [1.54, 1.807) is 0 Å². The monoisotopic (exact) mass is 441 g/mol. The Morgan fingerprint density at radius 2 is 0.419 bits per heavy atom. The molecule has 0 saturated carbocycles. The summed E-state index contributed by atoms with van der Waals surface area (Å²) in [5, 5.41) is 0. The molecule has 0 aromatic rings. The predicted molar refractivity (Wildman–Crippen MR) is 145 cm³/mol. The maximum atomic E-state index is 5.46. The first-order chi connectivity index (χ1) is 15.3. The van der Waals surface area contributed by atoms with Gasteiger partial charge in [-0.2, -0.15) is 0 Å². The molecule has 0 aliphatic rings. The highest BCUT2D eigenvalue weighted by Crippen LogP contribution is 2.13. The molecule has 2 heteroatoms. The summed E-state index contributed by atoms with van der Waals surface area (Å²) in [6, 6.07) is 0. The van der Waals surface area contributed by atoms with E-state index in [0.717, 1.165) is 13.1 Å². The molecule has 0 aromatic carbocycles. The Hall–Kier alpha value is -0.0800. The Morgan fingerprint density at radius 3 is 0.581 bits per heavy atom. The van der Waals surface area contributed by atoms with Gasteiger partial charge in [0.25, 0.3) is 0 Å². The van der Waals surface area contributed by atoms with Crippen LogP contribution >= 0.6 is 0 Å². The van der Waals surface area contributed by atoms with E-state index in [1.807, 2.05) is 0 Å². The van der Waals surface area contributed by atoms with Gasteiger partial charge >= 0.3 is 0 Å². The van der Waals surface area contributed by atoms with Gasteiger partial charge in [0.2, 0.25) is 0 Å². The Kier molecular flexibility index (Phi) is 36.9. The molecule has 0 aromatic heterocycles. The number of unbranched alkanes of at least 4 members (excludes halogenated alkanes) is 23. The second-order valence-corrected chi connectivity index (χ2v) is 9.71. The summed E-state index contributed by atoms with van der Waals surface area (Å²) in [5.41, 5.74) is 10.9. The zero-order chi connectivity index (χ0) is 23.1. The molecule has 190 valence electrons. The van der Waals surface area contributed by atoms with Crippen LogP contribution in [0.3, 0.4) is 0 Å².